The van der Waals surface area contributed by atoms with Crippen LogP contribution in [0, 0.1) is 5.92 Å². The fourth-order valence-corrected chi connectivity index (χ4v) is 2.65. The van der Waals surface area contributed by atoms with Crippen molar-refractivity contribution in [3.05, 3.63) is 0 Å². The monoisotopic (exact) mass is 283 g/mol. The van der Waals surface area contributed by atoms with Crippen molar-refractivity contribution < 1.29 is 14.3 Å². The zero-order valence-electron chi connectivity index (χ0n) is 12.4. The lowest BCUT2D eigenvalue weighted by Gasteiger charge is -2.31. The highest BCUT2D eigenvalue weighted by molar-refractivity contribution is 6.07. The molecule has 0 aromatic carbocycles. The van der Waals surface area contributed by atoms with Gasteiger partial charge in [-0.05, 0) is 38.3 Å². The first kappa shape index (κ1) is 15.3. The molecule has 2 saturated heterocycles. The molecule has 2 N–H and O–H groups in total. The minimum atomic E-state index is -0.666. The van der Waals surface area contributed by atoms with E-state index < -0.39 is 5.54 Å². The fraction of sp³-hybridized carbons (Fsp3) is 0.857. The third-order valence-corrected chi connectivity index (χ3v) is 4.00. The second-order valence-corrected chi connectivity index (χ2v) is 6.01. The summed E-state index contributed by atoms with van der Waals surface area (Å²) in [6.07, 6.45) is 2.33. The number of carbonyl (C=O) groups excluding carboxylic acids is 2. The molecule has 2 aliphatic heterocycles. The highest BCUT2D eigenvalue weighted by atomic mass is 16.5. The van der Waals surface area contributed by atoms with E-state index in [1.165, 1.54) is 4.90 Å². The molecule has 0 unspecified atom stereocenters. The number of hydrogen-bond donors (Lipinski definition) is 2. The van der Waals surface area contributed by atoms with Gasteiger partial charge in [0.25, 0.3) is 5.91 Å². The Balaban J connectivity index is 1.80. The normalized spacial score (nSPS) is 21.9. The molecule has 0 atom stereocenters. The number of piperidine rings is 1. The van der Waals surface area contributed by atoms with Gasteiger partial charge in [0.15, 0.2) is 0 Å². The minimum absolute atomic E-state index is 0.0866. The first-order valence-electron chi connectivity index (χ1n) is 7.48. The molecule has 6 heteroatoms. The van der Waals surface area contributed by atoms with E-state index in [2.05, 4.69) is 24.5 Å². The average molecular weight is 283 g/mol. The molecule has 20 heavy (non-hydrogen) atoms. The van der Waals surface area contributed by atoms with Gasteiger partial charge >= 0.3 is 6.03 Å². The summed E-state index contributed by atoms with van der Waals surface area (Å²) in [4.78, 5) is 25.7. The molecular weight excluding hydrogens is 258 g/mol. The molecule has 114 valence electrons. The van der Waals surface area contributed by atoms with Crippen molar-refractivity contribution in [2.45, 2.75) is 38.6 Å². The second-order valence-electron chi connectivity index (χ2n) is 6.01. The fourth-order valence-electron chi connectivity index (χ4n) is 2.65. The number of nitrogens with zero attached hydrogens (tertiary/aromatic N) is 1. The summed E-state index contributed by atoms with van der Waals surface area (Å²) in [5.41, 5.74) is -0.666. The highest BCUT2D eigenvalue weighted by Crippen LogP contribution is 2.26. The number of carbonyl (C=O) groups is 2. The van der Waals surface area contributed by atoms with E-state index >= 15 is 0 Å². The lowest BCUT2D eigenvalue weighted by atomic mass is 9.88. The number of hydrogen-bond acceptors (Lipinski definition) is 4. The molecule has 0 saturated carbocycles. The first-order valence-corrected chi connectivity index (χ1v) is 7.48. The van der Waals surface area contributed by atoms with Crippen molar-refractivity contribution in [3.8, 4) is 0 Å². The molecule has 2 heterocycles. The van der Waals surface area contributed by atoms with Crippen LogP contribution in [-0.2, 0) is 9.53 Å². The Bertz CT molecular complexity index is 365. The summed E-state index contributed by atoms with van der Waals surface area (Å²) in [7, 11) is 0. The number of imide groups is 1. The maximum Gasteiger partial charge on any atom is 0.325 e. The van der Waals surface area contributed by atoms with Crippen LogP contribution in [0.1, 0.15) is 33.1 Å². The number of nitrogens with one attached hydrogen (secondary N) is 2. The molecule has 1 spiro atoms. The standard InChI is InChI=1S/C14H25N3O3/c1-11(2)3-9-20-10-8-17-12(18)14(16-13(17)19)4-6-15-7-5-14/h11,15H,3-10H2,1-2H3,(H,16,19). The van der Waals surface area contributed by atoms with Gasteiger partial charge in [-0.15, -0.1) is 0 Å². The Morgan fingerprint density at radius 2 is 1.95 bits per heavy atom. The third kappa shape index (κ3) is 3.30. The smallest absolute Gasteiger partial charge is 0.325 e. The maximum absolute atomic E-state index is 12.4. The minimum Gasteiger partial charge on any atom is -0.380 e. The lowest BCUT2D eigenvalue weighted by molar-refractivity contribution is -0.132. The molecular formula is C14H25N3O3. The molecule has 2 fully saturated rings. The molecule has 0 aliphatic carbocycles. The maximum atomic E-state index is 12.4. The Morgan fingerprint density at radius 3 is 2.60 bits per heavy atom. The van der Waals surface area contributed by atoms with Crippen molar-refractivity contribution in [3.63, 3.8) is 0 Å². The van der Waals surface area contributed by atoms with Gasteiger partial charge in [0, 0.05) is 6.61 Å². The van der Waals surface area contributed by atoms with Gasteiger partial charge in [-0.3, -0.25) is 9.69 Å². The van der Waals surface area contributed by atoms with Gasteiger partial charge in [-0.1, -0.05) is 13.8 Å². The number of rotatable bonds is 6. The predicted octanol–water partition coefficient (Wildman–Crippen LogP) is 0.723. The predicted molar refractivity (Wildman–Crippen MR) is 75.4 cm³/mol. The van der Waals surface area contributed by atoms with Crippen LogP contribution in [0.5, 0.6) is 0 Å². The SMILES string of the molecule is CC(C)CCOCCN1C(=O)NC2(CCNCC2)C1=O. The van der Waals surface area contributed by atoms with Crippen molar-refractivity contribution in [1.82, 2.24) is 15.5 Å². The second kappa shape index (κ2) is 6.54. The van der Waals surface area contributed by atoms with Crippen LogP contribution in [0.4, 0.5) is 4.79 Å². The number of urea groups is 1. The molecule has 0 aromatic rings. The van der Waals surface area contributed by atoms with E-state index in [-0.39, 0.29) is 11.9 Å². The summed E-state index contributed by atoms with van der Waals surface area (Å²) in [5, 5.41) is 6.08. The molecule has 6 nitrogen and oxygen atoms in total. The van der Waals surface area contributed by atoms with Crippen LogP contribution < -0.4 is 10.6 Å². The summed E-state index contributed by atoms with van der Waals surface area (Å²) < 4.78 is 5.49. The van der Waals surface area contributed by atoms with Crippen LogP contribution in [0.2, 0.25) is 0 Å². The molecule has 0 radical (unpaired) electrons. The molecule has 3 amide bonds. The van der Waals surface area contributed by atoms with Gasteiger partial charge in [-0.2, -0.15) is 0 Å². The number of ether oxygens (including phenoxy) is 1. The van der Waals surface area contributed by atoms with E-state index in [1.54, 1.807) is 0 Å². The van der Waals surface area contributed by atoms with Gasteiger partial charge in [0.1, 0.15) is 5.54 Å². The molecule has 0 bridgehead atoms. The zero-order valence-corrected chi connectivity index (χ0v) is 12.4. The van der Waals surface area contributed by atoms with Gasteiger partial charge in [0.05, 0.1) is 13.2 Å². The first-order chi connectivity index (χ1) is 9.55. The van der Waals surface area contributed by atoms with E-state index in [9.17, 15) is 9.59 Å². The van der Waals surface area contributed by atoms with Crippen molar-refractivity contribution >= 4 is 11.9 Å². The Hall–Kier alpha value is -1.14. The zero-order chi connectivity index (χ0) is 14.6. The van der Waals surface area contributed by atoms with Crippen LogP contribution in [0.3, 0.4) is 0 Å². The molecule has 0 aromatic heterocycles. The van der Waals surface area contributed by atoms with Crippen molar-refractivity contribution in [1.29, 1.82) is 0 Å². The van der Waals surface area contributed by atoms with Gasteiger partial charge in [-0.25, -0.2) is 4.79 Å². The highest BCUT2D eigenvalue weighted by Gasteiger charge is 2.51. The Kier molecular flexibility index (Phi) is 4.99. The summed E-state index contributed by atoms with van der Waals surface area (Å²) >= 11 is 0. The van der Waals surface area contributed by atoms with Gasteiger partial charge in [0.2, 0.25) is 0 Å². The summed E-state index contributed by atoms with van der Waals surface area (Å²) in [5.74, 6) is 0.515. The van der Waals surface area contributed by atoms with Crippen molar-refractivity contribution in [2.75, 3.05) is 32.8 Å². The van der Waals surface area contributed by atoms with Crippen LogP contribution >= 0.6 is 0 Å². The summed E-state index contributed by atoms with van der Waals surface area (Å²) in [6.45, 7) is 7.26. The lowest BCUT2D eigenvalue weighted by Crippen LogP contribution is -2.54. The van der Waals surface area contributed by atoms with E-state index in [4.69, 9.17) is 4.74 Å². The topological polar surface area (TPSA) is 70.7 Å². The van der Waals surface area contributed by atoms with E-state index in [0.29, 0.717) is 38.5 Å². The quantitative estimate of drug-likeness (QED) is 0.557. The van der Waals surface area contributed by atoms with Crippen LogP contribution in [0.15, 0.2) is 0 Å². The molecule has 2 aliphatic rings. The van der Waals surface area contributed by atoms with Crippen LogP contribution in [-0.4, -0.2) is 55.2 Å². The largest absolute Gasteiger partial charge is 0.380 e. The van der Waals surface area contributed by atoms with Gasteiger partial charge < -0.3 is 15.4 Å². The molecule has 2 rings (SSSR count). The number of amides is 3. The third-order valence-electron chi connectivity index (χ3n) is 4.00. The van der Waals surface area contributed by atoms with E-state index in [0.717, 1.165) is 19.5 Å². The Morgan fingerprint density at radius 1 is 1.25 bits per heavy atom. The van der Waals surface area contributed by atoms with E-state index in [1.807, 2.05) is 0 Å². The average Bonchev–Trinajstić information content (AvgIpc) is 2.63. The van der Waals surface area contributed by atoms with Crippen molar-refractivity contribution in [2.24, 2.45) is 5.92 Å². The summed E-state index contributed by atoms with van der Waals surface area (Å²) in [6, 6.07) is -0.274. The Labute approximate surface area is 120 Å². The van der Waals surface area contributed by atoms with Crippen LogP contribution in [0.25, 0.3) is 0 Å².